The van der Waals surface area contributed by atoms with Gasteiger partial charge in [0.05, 0.1) is 0 Å². The number of hydrogen-bond donors (Lipinski definition) is 1. The third kappa shape index (κ3) is 3.08. The van der Waals surface area contributed by atoms with E-state index >= 15 is 0 Å². The molecule has 3 saturated carbocycles. The third-order valence-electron chi connectivity index (χ3n) is 9.68. The molecular formula is C26H39NO3. The highest BCUT2D eigenvalue weighted by Gasteiger charge is 2.65. The lowest BCUT2D eigenvalue weighted by Crippen LogP contribution is -2.56. The molecular weight excluding hydrogens is 374 g/mol. The van der Waals surface area contributed by atoms with E-state index in [0.29, 0.717) is 17.8 Å². The maximum atomic E-state index is 12.7. The number of carbonyl (C=O) groups excluding carboxylic acids is 2. The number of nitrogens with one attached hydrogen (secondary N) is 1. The van der Waals surface area contributed by atoms with Gasteiger partial charge in [-0.05, 0) is 88.2 Å². The summed E-state index contributed by atoms with van der Waals surface area (Å²) in [5.41, 5.74) is 1.02. The summed E-state index contributed by atoms with van der Waals surface area (Å²) in [4.78, 5) is 24.7. The molecule has 4 heteroatoms. The molecule has 4 rings (SSSR count). The Hall–Kier alpha value is -1.58. The van der Waals surface area contributed by atoms with E-state index < -0.39 is 0 Å². The molecule has 4 aliphatic carbocycles. The molecule has 166 valence electrons. The Kier molecular flexibility index (Phi) is 5.43. The molecule has 1 unspecified atom stereocenters. The second kappa shape index (κ2) is 7.53. The monoisotopic (exact) mass is 413 g/mol. The minimum Gasteiger partial charge on any atom is -0.442 e. The highest BCUT2D eigenvalue weighted by atomic mass is 16.6. The number of ether oxygens (including phenoxy) is 1. The van der Waals surface area contributed by atoms with Gasteiger partial charge in [0, 0.05) is 16.9 Å². The van der Waals surface area contributed by atoms with E-state index in [1.165, 1.54) is 5.57 Å². The number of allylic oxidation sites excluding steroid dienone is 4. The SMILES string of the molecule is CCC(C)NC(=O)O[C@]1(CC)CC[C@H]2[C@@H]3CCC4=CC(=O)C=C[C@]4(C)[C@H]3CC[C@@]21C. The minimum absolute atomic E-state index is 0.0183. The van der Waals surface area contributed by atoms with Gasteiger partial charge in [0.2, 0.25) is 0 Å². The van der Waals surface area contributed by atoms with Crippen LogP contribution in [0, 0.1) is 28.6 Å². The normalized spacial score (nSPS) is 43.2. The van der Waals surface area contributed by atoms with Gasteiger partial charge in [0.25, 0.3) is 0 Å². The molecule has 4 nitrogen and oxygen atoms in total. The van der Waals surface area contributed by atoms with Crippen LogP contribution in [0.4, 0.5) is 4.79 Å². The first kappa shape index (κ1) is 21.6. The molecule has 0 aromatic carbocycles. The van der Waals surface area contributed by atoms with E-state index in [4.69, 9.17) is 4.74 Å². The minimum atomic E-state index is -0.366. The molecule has 1 amide bonds. The van der Waals surface area contributed by atoms with Crippen LogP contribution in [-0.4, -0.2) is 23.5 Å². The molecule has 3 fully saturated rings. The Morgan fingerprint density at radius 3 is 2.63 bits per heavy atom. The van der Waals surface area contributed by atoms with E-state index in [1.54, 1.807) is 6.08 Å². The van der Waals surface area contributed by atoms with Crippen LogP contribution >= 0.6 is 0 Å². The number of rotatable bonds is 4. The molecule has 4 aliphatic rings. The summed E-state index contributed by atoms with van der Waals surface area (Å²) < 4.78 is 6.30. The highest BCUT2D eigenvalue weighted by molar-refractivity contribution is 6.01. The van der Waals surface area contributed by atoms with Crippen LogP contribution in [0.5, 0.6) is 0 Å². The van der Waals surface area contributed by atoms with Crippen molar-refractivity contribution in [1.29, 1.82) is 0 Å². The molecule has 0 heterocycles. The van der Waals surface area contributed by atoms with Gasteiger partial charge in [-0.3, -0.25) is 4.79 Å². The summed E-state index contributed by atoms with van der Waals surface area (Å²) in [7, 11) is 0. The smallest absolute Gasteiger partial charge is 0.407 e. The van der Waals surface area contributed by atoms with E-state index in [-0.39, 0.29) is 34.3 Å². The van der Waals surface area contributed by atoms with Crippen molar-refractivity contribution in [2.24, 2.45) is 28.6 Å². The van der Waals surface area contributed by atoms with Gasteiger partial charge in [-0.2, -0.15) is 0 Å². The standard InChI is InChI=1S/C26H39NO3/c1-6-17(3)27-23(29)30-26(7-2)15-12-22-20-9-8-18-16-19(28)10-13-24(18,4)21(20)11-14-25(22,26)5/h10,13,16-17,20-22H,6-9,11-12,14-15H2,1-5H3,(H,27,29)/t17?,20-,21+,22+,24+,25+,26-/m1/s1. The lowest BCUT2D eigenvalue weighted by Gasteiger charge is -2.58. The van der Waals surface area contributed by atoms with Crippen molar-refractivity contribution in [3.63, 3.8) is 0 Å². The lowest BCUT2D eigenvalue weighted by molar-refractivity contribution is -0.126. The van der Waals surface area contributed by atoms with E-state index in [1.807, 2.05) is 13.0 Å². The zero-order chi connectivity index (χ0) is 21.7. The second-order valence-corrected chi connectivity index (χ2v) is 10.8. The molecule has 0 saturated heterocycles. The van der Waals surface area contributed by atoms with Crippen LogP contribution in [-0.2, 0) is 9.53 Å². The third-order valence-corrected chi connectivity index (χ3v) is 9.68. The van der Waals surface area contributed by atoms with Gasteiger partial charge < -0.3 is 10.1 Å². The summed E-state index contributed by atoms with van der Waals surface area (Å²) in [5.74, 6) is 1.95. The van der Waals surface area contributed by atoms with Gasteiger partial charge in [-0.25, -0.2) is 4.79 Å². The van der Waals surface area contributed by atoms with Crippen molar-refractivity contribution >= 4 is 11.9 Å². The fourth-order valence-electron chi connectivity index (χ4n) is 7.62. The van der Waals surface area contributed by atoms with Crippen molar-refractivity contribution < 1.29 is 14.3 Å². The number of alkyl carbamates (subject to hydrolysis) is 1. The van der Waals surface area contributed by atoms with Gasteiger partial charge >= 0.3 is 6.09 Å². The summed E-state index contributed by atoms with van der Waals surface area (Å²) in [6.45, 7) is 11.0. The highest BCUT2D eigenvalue weighted by Crippen LogP contribution is 2.68. The average Bonchev–Trinajstić information content (AvgIpc) is 3.01. The van der Waals surface area contributed by atoms with Crippen molar-refractivity contribution in [1.82, 2.24) is 5.32 Å². The van der Waals surface area contributed by atoms with Crippen LogP contribution in [0.2, 0.25) is 0 Å². The summed E-state index contributed by atoms with van der Waals surface area (Å²) in [6, 6.07) is 0.136. The van der Waals surface area contributed by atoms with Crippen LogP contribution in [0.3, 0.4) is 0 Å². The molecule has 0 aromatic heterocycles. The molecule has 30 heavy (non-hydrogen) atoms. The van der Waals surface area contributed by atoms with Crippen LogP contribution in [0.25, 0.3) is 0 Å². The Morgan fingerprint density at radius 1 is 1.20 bits per heavy atom. The van der Waals surface area contributed by atoms with Crippen molar-refractivity contribution in [2.45, 2.75) is 97.6 Å². The quantitative estimate of drug-likeness (QED) is 0.618. The average molecular weight is 414 g/mol. The van der Waals surface area contributed by atoms with Crippen LogP contribution in [0.15, 0.2) is 23.8 Å². The maximum absolute atomic E-state index is 12.7. The number of carbonyl (C=O) groups is 2. The Morgan fingerprint density at radius 2 is 1.93 bits per heavy atom. The molecule has 1 N–H and O–H groups in total. The summed E-state index contributed by atoms with van der Waals surface area (Å²) in [6.07, 6.45) is 13.9. The molecule has 0 radical (unpaired) electrons. The number of amides is 1. The first-order valence-electron chi connectivity index (χ1n) is 12.1. The van der Waals surface area contributed by atoms with Crippen LogP contribution in [0.1, 0.15) is 86.0 Å². The van der Waals surface area contributed by atoms with Gasteiger partial charge in [-0.15, -0.1) is 0 Å². The molecule has 7 atom stereocenters. The van der Waals surface area contributed by atoms with Gasteiger partial charge in [0.15, 0.2) is 5.78 Å². The second-order valence-electron chi connectivity index (χ2n) is 10.8. The van der Waals surface area contributed by atoms with Gasteiger partial charge in [0.1, 0.15) is 5.60 Å². The van der Waals surface area contributed by atoms with E-state index in [9.17, 15) is 9.59 Å². The summed E-state index contributed by atoms with van der Waals surface area (Å²) >= 11 is 0. The van der Waals surface area contributed by atoms with Crippen molar-refractivity contribution in [3.05, 3.63) is 23.8 Å². The van der Waals surface area contributed by atoms with Crippen molar-refractivity contribution in [3.8, 4) is 0 Å². The molecule has 0 bridgehead atoms. The number of hydrogen-bond acceptors (Lipinski definition) is 3. The fraction of sp³-hybridized carbons (Fsp3) is 0.769. The predicted octanol–water partition coefficient (Wildman–Crippen LogP) is 5.97. The summed E-state index contributed by atoms with van der Waals surface area (Å²) in [5, 5.41) is 3.02. The van der Waals surface area contributed by atoms with Crippen LogP contribution < -0.4 is 5.32 Å². The molecule has 0 spiro atoms. The number of fused-ring (bicyclic) bond motifs is 5. The zero-order valence-electron chi connectivity index (χ0n) is 19.4. The maximum Gasteiger partial charge on any atom is 0.407 e. The Labute approximate surface area is 181 Å². The lowest BCUT2D eigenvalue weighted by atomic mass is 9.47. The van der Waals surface area contributed by atoms with Crippen molar-refractivity contribution in [2.75, 3.05) is 0 Å². The zero-order valence-corrected chi connectivity index (χ0v) is 19.4. The Bertz CT molecular complexity index is 785. The Balaban J connectivity index is 1.59. The topological polar surface area (TPSA) is 55.4 Å². The fourth-order valence-corrected chi connectivity index (χ4v) is 7.62. The molecule has 0 aromatic rings. The first-order chi connectivity index (χ1) is 14.2. The van der Waals surface area contributed by atoms with E-state index in [0.717, 1.165) is 51.4 Å². The largest absolute Gasteiger partial charge is 0.442 e. The first-order valence-corrected chi connectivity index (χ1v) is 12.1. The molecule has 0 aliphatic heterocycles. The predicted molar refractivity (Wildman–Crippen MR) is 119 cm³/mol. The van der Waals surface area contributed by atoms with Gasteiger partial charge in [-0.1, -0.05) is 39.3 Å². The number of ketones is 1. The van der Waals surface area contributed by atoms with E-state index in [2.05, 4.69) is 39.1 Å².